The van der Waals surface area contributed by atoms with Crippen LogP contribution in [0.25, 0.3) is 0 Å². The maximum atomic E-state index is 12.8. The summed E-state index contributed by atoms with van der Waals surface area (Å²) >= 11 is 0. The van der Waals surface area contributed by atoms with E-state index in [0.717, 1.165) is 6.42 Å². The lowest BCUT2D eigenvalue weighted by Gasteiger charge is -2.14. The van der Waals surface area contributed by atoms with Crippen molar-refractivity contribution in [3.8, 4) is 0 Å². The number of rotatable bonds is 5. The Balaban J connectivity index is 2.50. The predicted molar refractivity (Wildman–Crippen MR) is 60.6 cm³/mol. The van der Waals surface area contributed by atoms with Gasteiger partial charge in [-0.2, -0.15) is 4.39 Å². The van der Waals surface area contributed by atoms with Crippen LogP contribution in [0.1, 0.15) is 20.3 Å². The van der Waals surface area contributed by atoms with Crippen LogP contribution >= 0.6 is 0 Å². The van der Waals surface area contributed by atoms with E-state index in [1.165, 1.54) is 12.3 Å². The molecule has 1 rings (SSSR count). The number of nitrogens with zero attached hydrogens (tertiary/aromatic N) is 1. The minimum absolute atomic E-state index is 0.0981. The summed E-state index contributed by atoms with van der Waals surface area (Å²) in [7, 11) is 0. The van der Waals surface area contributed by atoms with Crippen molar-refractivity contribution in [3.05, 3.63) is 24.3 Å². The number of hydrogen-bond acceptors (Lipinski definition) is 3. The lowest BCUT2D eigenvalue weighted by molar-refractivity contribution is -0.121. The molecule has 0 aliphatic carbocycles. The molecule has 0 fully saturated rings. The van der Waals surface area contributed by atoms with E-state index in [1.54, 1.807) is 13.0 Å². The second-order valence-electron chi connectivity index (χ2n) is 3.52. The van der Waals surface area contributed by atoms with E-state index in [9.17, 15) is 9.18 Å². The zero-order chi connectivity index (χ0) is 12.0. The summed E-state index contributed by atoms with van der Waals surface area (Å²) in [5.41, 5.74) is 0.548. The van der Waals surface area contributed by atoms with E-state index in [-0.39, 0.29) is 5.91 Å². The fourth-order valence-corrected chi connectivity index (χ4v) is 1.21. The summed E-state index contributed by atoms with van der Waals surface area (Å²) in [4.78, 5) is 14.9. The molecule has 0 saturated heterocycles. The van der Waals surface area contributed by atoms with Gasteiger partial charge in [0.2, 0.25) is 11.9 Å². The van der Waals surface area contributed by atoms with Crippen molar-refractivity contribution in [1.82, 2.24) is 10.3 Å². The summed E-state index contributed by atoms with van der Waals surface area (Å²) in [6.07, 6.45) is 2.25. The fourth-order valence-electron chi connectivity index (χ4n) is 1.21. The Hall–Kier alpha value is -1.65. The highest BCUT2D eigenvalue weighted by Gasteiger charge is 2.11. The molecular formula is C11H16FN3O. The van der Waals surface area contributed by atoms with Gasteiger partial charge in [-0.05, 0) is 19.4 Å². The number of halogens is 1. The van der Waals surface area contributed by atoms with Gasteiger partial charge in [0.25, 0.3) is 0 Å². The number of pyridine rings is 1. The molecule has 2 N–H and O–H groups in total. The van der Waals surface area contributed by atoms with E-state index in [1.807, 2.05) is 6.92 Å². The lowest BCUT2D eigenvalue weighted by Crippen LogP contribution is -2.37. The van der Waals surface area contributed by atoms with Crippen LogP contribution in [-0.4, -0.2) is 23.5 Å². The molecule has 1 unspecified atom stereocenters. The van der Waals surface area contributed by atoms with Gasteiger partial charge in [-0.15, -0.1) is 0 Å². The molecule has 1 amide bonds. The van der Waals surface area contributed by atoms with E-state index >= 15 is 0 Å². The van der Waals surface area contributed by atoms with Gasteiger partial charge in [0.05, 0.1) is 0 Å². The molecule has 0 aliphatic rings. The van der Waals surface area contributed by atoms with Gasteiger partial charge in [-0.25, -0.2) is 4.98 Å². The Morgan fingerprint density at radius 2 is 2.38 bits per heavy atom. The standard InChI is InChI=1S/C11H16FN3O/c1-3-5-14-11(16)8(2)15-9-4-6-13-10(12)7-9/h4,6-8H,3,5H2,1-2H3,(H,13,15)(H,14,16). The van der Waals surface area contributed by atoms with Gasteiger partial charge in [-0.1, -0.05) is 6.92 Å². The highest BCUT2D eigenvalue weighted by atomic mass is 19.1. The molecular weight excluding hydrogens is 209 g/mol. The summed E-state index contributed by atoms with van der Waals surface area (Å²) < 4.78 is 12.8. The van der Waals surface area contributed by atoms with Crippen molar-refractivity contribution in [1.29, 1.82) is 0 Å². The van der Waals surface area contributed by atoms with Gasteiger partial charge >= 0.3 is 0 Å². The summed E-state index contributed by atoms with van der Waals surface area (Å²) in [6, 6.07) is 2.48. The average molecular weight is 225 g/mol. The molecule has 88 valence electrons. The molecule has 0 aliphatic heterocycles. The third-order valence-corrected chi connectivity index (χ3v) is 2.05. The smallest absolute Gasteiger partial charge is 0.242 e. The first-order valence-corrected chi connectivity index (χ1v) is 5.29. The molecule has 5 heteroatoms. The van der Waals surface area contributed by atoms with Crippen LogP contribution in [0.2, 0.25) is 0 Å². The van der Waals surface area contributed by atoms with Crippen LogP contribution in [0.15, 0.2) is 18.3 Å². The quantitative estimate of drug-likeness (QED) is 0.747. The normalized spacial score (nSPS) is 11.9. The first kappa shape index (κ1) is 12.4. The SMILES string of the molecule is CCCNC(=O)C(C)Nc1ccnc(F)c1. The molecule has 1 atom stereocenters. The van der Waals surface area contributed by atoms with Crippen molar-refractivity contribution >= 4 is 11.6 Å². The van der Waals surface area contributed by atoms with Crippen molar-refractivity contribution in [3.63, 3.8) is 0 Å². The highest BCUT2D eigenvalue weighted by Crippen LogP contribution is 2.08. The van der Waals surface area contributed by atoms with Crippen molar-refractivity contribution in [2.75, 3.05) is 11.9 Å². The predicted octanol–water partition coefficient (Wildman–Crippen LogP) is 1.55. The molecule has 0 aromatic carbocycles. The summed E-state index contributed by atoms with van der Waals surface area (Å²) in [5, 5.41) is 5.66. The number of amides is 1. The molecule has 4 nitrogen and oxygen atoms in total. The molecule has 0 radical (unpaired) electrons. The van der Waals surface area contributed by atoms with Gasteiger partial charge in [0.1, 0.15) is 6.04 Å². The van der Waals surface area contributed by atoms with Crippen molar-refractivity contribution in [2.45, 2.75) is 26.3 Å². The largest absolute Gasteiger partial charge is 0.374 e. The van der Waals surface area contributed by atoms with E-state index in [0.29, 0.717) is 12.2 Å². The third kappa shape index (κ3) is 3.84. The Morgan fingerprint density at radius 3 is 3.00 bits per heavy atom. The number of carbonyl (C=O) groups excluding carboxylic acids is 1. The second kappa shape index (κ2) is 6.05. The Labute approximate surface area is 94.3 Å². The van der Waals surface area contributed by atoms with Gasteiger partial charge < -0.3 is 10.6 Å². The fraction of sp³-hybridized carbons (Fsp3) is 0.455. The molecule has 1 aromatic heterocycles. The van der Waals surface area contributed by atoms with E-state index in [2.05, 4.69) is 15.6 Å². The Bertz CT molecular complexity index is 357. The van der Waals surface area contributed by atoms with Crippen LogP contribution in [0.3, 0.4) is 0 Å². The Morgan fingerprint density at radius 1 is 1.62 bits per heavy atom. The molecule has 1 heterocycles. The molecule has 0 spiro atoms. The van der Waals surface area contributed by atoms with Crippen LogP contribution in [0.5, 0.6) is 0 Å². The number of anilines is 1. The highest BCUT2D eigenvalue weighted by molar-refractivity contribution is 5.84. The zero-order valence-corrected chi connectivity index (χ0v) is 9.46. The monoisotopic (exact) mass is 225 g/mol. The molecule has 0 bridgehead atoms. The van der Waals surface area contributed by atoms with E-state index in [4.69, 9.17) is 0 Å². The van der Waals surface area contributed by atoms with Gasteiger partial charge in [0, 0.05) is 24.5 Å². The maximum Gasteiger partial charge on any atom is 0.242 e. The third-order valence-electron chi connectivity index (χ3n) is 2.05. The van der Waals surface area contributed by atoms with Gasteiger partial charge in [-0.3, -0.25) is 4.79 Å². The minimum atomic E-state index is -0.564. The van der Waals surface area contributed by atoms with Crippen LogP contribution in [-0.2, 0) is 4.79 Å². The average Bonchev–Trinajstić information content (AvgIpc) is 2.25. The van der Waals surface area contributed by atoms with Crippen LogP contribution < -0.4 is 10.6 Å². The molecule has 1 aromatic rings. The maximum absolute atomic E-state index is 12.8. The second-order valence-corrected chi connectivity index (χ2v) is 3.52. The van der Waals surface area contributed by atoms with Crippen molar-refractivity contribution in [2.24, 2.45) is 0 Å². The van der Waals surface area contributed by atoms with Crippen LogP contribution in [0.4, 0.5) is 10.1 Å². The summed E-state index contributed by atoms with van der Waals surface area (Å²) in [6.45, 7) is 4.36. The van der Waals surface area contributed by atoms with E-state index < -0.39 is 12.0 Å². The van der Waals surface area contributed by atoms with Gasteiger partial charge in [0.15, 0.2) is 0 Å². The van der Waals surface area contributed by atoms with Crippen LogP contribution in [0, 0.1) is 5.95 Å². The number of carbonyl (C=O) groups is 1. The minimum Gasteiger partial charge on any atom is -0.374 e. The number of nitrogens with one attached hydrogen (secondary N) is 2. The molecule has 0 saturated carbocycles. The topological polar surface area (TPSA) is 54.0 Å². The molecule has 16 heavy (non-hydrogen) atoms. The first-order chi connectivity index (χ1) is 7.63. The lowest BCUT2D eigenvalue weighted by atomic mass is 10.3. The number of aromatic nitrogens is 1. The summed E-state index contributed by atoms with van der Waals surface area (Å²) in [5.74, 6) is -0.662. The number of hydrogen-bond donors (Lipinski definition) is 2. The zero-order valence-electron chi connectivity index (χ0n) is 9.46. The van der Waals surface area contributed by atoms with Crippen molar-refractivity contribution < 1.29 is 9.18 Å². The first-order valence-electron chi connectivity index (χ1n) is 5.29. The Kier molecular flexibility index (Phi) is 4.69.